The third kappa shape index (κ3) is 5.41. The molecule has 2 unspecified atom stereocenters. The molecule has 1 heterocycles. The van der Waals surface area contributed by atoms with E-state index in [-0.39, 0.29) is 11.9 Å². The number of benzene rings is 2. The Bertz CT molecular complexity index is 768. The number of ether oxygens (including phenoxy) is 1. The Balaban J connectivity index is 1.53. The van der Waals surface area contributed by atoms with E-state index in [2.05, 4.69) is 41.4 Å². The van der Waals surface area contributed by atoms with Crippen LogP contribution in [0.25, 0.3) is 0 Å². The maximum atomic E-state index is 12.5. The fraction of sp³-hybridized carbons (Fsp3) is 0.435. The minimum Gasteiger partial charge on any atom is -0.481 e. The van der Waals surface area contributed by atoms with E-state index >= 15 is 0 Å². The molecular formula is C23H29ClN2O2. The number of nitrogens with zero attached hydrogens (tertiary/aromatic N) is 1. The molecule has 28 heavy (non-hydrogen) atoms. The molecule has 0 spiro atoms. The van der Waals surface area contributed by atoms with Crippen LogP contribution in [0, 0.1) is 5.92 Å². The van der Waals surface area contributed by atoms with Gasteiger partial charge in [-0.1, -0.05) is 30.7 Å². The molecule has 1 aliphatic heterocycles. The average Bonchev–Trinajstić information content (AvgIpc) is 2.70. The predicted octanol–water partition coefficient (Wildman–Crippen LogP) is 5.22. The maximum Gasteiger partial charge on any atom is 0.261 e. The summed E-state index contributed by atoms with van der Waals surface area (Å²) in [5, 5.41) is 3.67. The van der Waals surface area contributed by atoms with Gasteiger partial charge in [0.25, 0.3) is 5.91 Å². The highest BCUT2D eigenvalue weighted by molar-refractivity contribution is 6.30. The molecule has 2 atom stereocenters. The van der Waals surface area contributed by atoms with Gasteiger partial charge in [0.15, 0.2) is 6.10 Å². The summed E-state index contributed by atoms with van der Waals surface area (Å²) in [7, 11) is 0. The number of carbonyl (C=O) groups is 1. The molecule has 150 valence electrons. The highest BCUT2D eigenvalue weighted by Crippen LogP contribution is 2.25. The summed E-state index contributed by atoms with van der Waals surface area (Å²) >= 11 is 5.88. The van der Waals surface area contributed by atoms with Crippen LogP contribution in [0.4, 0.5) is 5.69 Å². The van der Waals surface area contributed by atoms with Crippen molar-refractivity contribution < 1.29 is 9.53 Å². The van der Waals surface area contributed by atoms with E-state index in [0.717, 1.165) is 24.6 Å². The molecule has 1 amide bonds. The van der Waals surface area contributed by atoms with Crippen molar-refractivity contribution in [3.05, 3.63) is 59.1 Å². The summed E-state index contributed by atoms with van der Waals surface area (Å²) in [6, 6.07) is 15.4. The van der Waals surface area contributed by atoms with Crippen LogP contribution in [-0.2, 0) is 4.79 Å². The minimum absolute atomic E-state index is 0.0841. The average molecular weight is 401 g/mol. The van der Waals surface area contributed by atoms with Crippen molar-refractivity contribution in [2.75, 3.05) is 18.0 Å². The first-order valence-electron chi connectivity index (χ1n) is 10.00. The second kappa shape index (κ2) is 9.33. The number of amides is 1. The smallest absolute Gasteiger partial charge is 0.261 e. The Kier molecular flexibility index (Phi) is 6.84. The van der Waals surface area contributed by atoms with Crippen molar-refractivity contribution in [2.24, 2.45) is 5.92 Å². The lowest BCUT2D eigenvalue weighted by Gasteiger charge is -2.32. The van der Waals surface area contributed by atoms with Gasteiger partial charge in [-0.15, -0.1) is 0 Å². The van der Waals surface area contributed by atoms with Crippen LogP contribution in [0.3, 0.4) is 0 Å². The van der Waals surface area contributed by atoms with Gasteiger partial charge in [-0.3, -0.25) is 4.79 Å². The Hall–Kier alpha value is -2.20. The minimum atomic E-state index is -0.585. The summed E-state index contributed by atoms with van der Waals surface area (Å²) < 4.78 is 5.70. The molecule has 4 nitrogen and oxygen atoms in total. The van der Waals surface area contributed by atoms with Crippen molar-refractivity contribution in [1.82, 2.24) is 5.32 Å². The number of rotatable bonds is 6. The van der Waals surface area contributed by atoms with E-state index in [4.69, 9.17) is 16.3 Å². The Morgan fingerprint density at radius 2 is 1.68 bits per heavy atom. The first kappa shape index (κ1) is 20.5. The number of halogens is 1. The second-order valence-electron chi connectivity index (χ2n) is 7.71. The molecule has 2 aromatic carbocycles. The molecule has 0 radical (unpaired) electrons. The van der Waals surface area contributed by atoms with E-state index in [1.54, 1.807) is 31.2 Å². The van der Waals surface area contributed by atoms with Crippen LogP contribution in [0.15, 0.2) is 48.5 Å². The van der Waals surface area contributed by atoms with E-state index in [1.807, 2.05) is 6.92 Å². The number of hydrogen-bond donors (Lipinski definition) is 1. The third-order valence-corrected chi connectivity index (χ3v) is 5.65. The van der Waals surface area contributed by atoms with Crippen LogP contribution >= 0.6 is 11.6 Å². The number of piperidine rings is 1. The van der Waals surface area contributed by atoms with Crippen LogP contribution < -0.4 is 15.0 Å². The summed E-state index contributed by atoms with van der Waals surface area (Å²) in [5.41, 5.74) is 2.34. The molecule has 1 N–H and O–H groups in total. The number of anilines is 1. The van der Waals surface area contributed by atoms with Crippen LogP contribution in [0.2, 0.25) is 5.02 Å². The zero-order valence-corrected chi connectivity index (χ0v) is 17.6. The predicted molar refractivity (Wildman–Crippen MR) is 115 cm³/mol. The van der Waals surface area contributed by atoms with Gasteiger partial charge in [0, 0.05) is 23.8 Å². The van der Waals surface area contributed by atoms with Gasteiger partial charge in [-0.2, -0.15) is 0 Å². The summed E-state index contributed by atoms with van der Waals surface area (Å²) in [6.45, 7) is 8.29. The highest BCUT2D eigenvalue weighted by Gasteiger charge is 2.19. The number of nitrogens with one attached hydrogen (secondary N) is 1. The molecule has 3 rings (SSSR count). The first-order valence-corrected chi connectivity index (χ1v) is 10.4. The van der Waals surface area contributed by atoms with E-state index in [1.165, 1.54) is 18.5 Å². The van der Waals surface area contributed by atoms with Crippen molar-refractivity contribution in [3.8, 4) is 5.75 Å². The van der Waals surface area contributed by atoms with E-state index < -0.39 is 6.10 Å². The summed E-state index contributed by atoms with van der Waals surface area (Å²) in [5.74, 6) is 1.30. The Labute approximate surface area is 172 Å². The van der Waals surface area contributed by atoms with Crippen LogP contribution in [-0.4, -0.2) is 25.1 Å². The van der Waals surface area contributed by atoms with Gasteiger partial charge >= 0.3 is 0 Å². The van der Waals surface area contributed by atoms with Crippen molar-refractivity contribution >= 4 is 23.2 Å². The fourth-order valence-electron chi connectivity index (χ4n) is 3.43. The van der Waals surface area contributed by atoms with Gasteiger partial charge in [-0.05, 0) is 74.6 Å². The van der Waals surface area contributed by atoms with Gasteiger partial charge in [0.2, 0.25) is 0 Å². The molecule has 5 heteroatoms. The normalized spacial score (nSPS) is 17.1. The summed E-state index contributed by atoms with van der Waals surface area (Å²) in [6.07, 6.45) is 1.91. The highest BCUT2D eigenvalue weighted by atomic mass is 35.5. The fourth-order valence-corrected chi connectivity index (χ4v) is 3.55. The lowest BCUT2D eigenvalue weighted by atomic mass is 9.98. The largest absolute Gasteiger partial charge is 0.481 e. The topological polar surface area (TPSA) is 41.6 Å². The first-order chi connectivity index (χ1) is 13.4. The standard InChI is InChI=1S/C23H29ClN2O2/c1-16-12-14-26(15-13-16)21-8-4-19(5-9-21)17(2)25-23(27)18(3)28-22-10-6-20(24)7-11-22/h4-11,16-18H,12-15H2,1-3H3,(H,25,27). The van der Waals surface area contributed by atoms with Gasteiger partial charge in [0.1, 0.15) is 5.75 Å². The lowest BCUT2D eigenvalue weighted by Crippen LogP contribution is -2.37. The van der Waals surface area contributed by atoms with E-state index in [0.29, 0.717) is 10.8 Å². The van der Waals surface area contributed by atoms with Crippen LogP contribution in [0.1, 0.15) is 45.2 Å². The van der Waals surface area contributed by atoms with Crippen LogP contribution in [0.5, 0.6) is 5.75 Å². The molecular weight excluding hydrogens is 372 g/mol. The number of carbonyl (C=O) groups excluding carboxylic acids is 1. The molecule has 1 fully saturated rings. The monoisotopic (exact) mass is 400 g/mol. The van der Waals surface area contributed by atoms with Gasteiger partial charge < -0.3 is 15.0 Å². The quantitative estimate of drug-likeness (QED) is 0.722. The summed E-state index contributed by atoms with van der Waals surface area (Å²) in [4.78, 5) is 14.9. The molecule has 1 aliphatic rings. The molecule has 0 saturated carbocycles. The SMILES string of the molecule is CC1CCN(c2ccc(C(C)NC(=O)C(C)Oc3ccc(Cl)cc3)cc2)CC1. The Morgan fingerprint density at radius 3 is 2.29 bits per heavy atom. The molecule has 1 saturated heterocycles. The van der Waals surface area contributed by atoms with Crippen molar-refractivity contribution in [1.29, 1.82) is 0 Å². The molecule has 2 aromatic rings. The molecule has 0 aromatic heterocycles. The molecule has 0 aliphatic carbocycles. The van der Waals surface area contributed by atoms with Crippen molar-refractivity contribution in [3.63, 3.8) is 0 Å². The maximum absolute atomic E-state index is 12.5. The Morgan fingerprint density at radius 1 is 1.07 bits per heavy atom. The molecule has 0 bridgehead atoms. The zero-order chi connectivity index (χ0) is 20.1. The van der Waals surface area contributed by atoms with E-state index in [9.17, 15) is 4.79 Å². The second-order valence-corrected chi connectivity index (χ2v) is 8.14. The number of hydrogen-bond acceptors (Lipinski definition) is 3. The van der Waals surface area contributed by atoms with Gasteiger partial charge in [0.05, 0.1) is 6.04 Å². The third-order valence-electron chi connectivity index (χ3n) is 5.40. The van der Waals surface area contributed by atoms with Crippen molar-refractivity contribution in [2.45, 2.75) is 45.8 Å². The lowest BCUT2D eigenvalue weighted by molar-refractivity contribution is -0.127. The van der Waals surface area contributed by atoms with Gasteiger partial charge in [-0.25, -0.2) is 0 Å². The zero-order valence-electron chi connectivity index (χ0n) is 16.8.